The number of benzene rings is 2. The van der Waals surface area contributed by atoms with Gasteiger partial charge in [0.15, 0.2) is 0 Å². The number of carboxylic acids is 1. The number of hydrogen-bond donors (Lipinski definition) is 3. The van der Waals surface area contributed by atoms with Gasteiger partial charge in [0, 0.05) is 12.5 Å². The van der Waals surface area contributed by atoms with Gasteiger partial charge in [-0.15, -0.1) is 0 Å². The van der Waals surface area contributed by atoms with E-state index in [4.69, 9.17) is 4.74 Å². The normalized spacial score (nSPS) is 17.0. The third-order valence-corrected chi connectivity index (χ3v) is 7.18. The number of nitrogens with one attached hydrogen (secondary N) is 2. The maximum Gasteiger partial charge on any atom is 0.407 e. The van der Waals surface area contributed by atoms with Crippen LogP contribution in [-0.4, -0.2) is 42.3 Å². The number of hydrogen-bond acceptors (Lipinski definition) is 4. The Bertz CT molecular complexity index is 1030. The van der Waals surface area contributed by atoms with Crippen molar-refractivity contribution in [2.75, 3.05) is 13.2 Å². The van der Waals surface area contributed by atoms with Gasteiger partial charge in [-0.2, -0.15) is 0 Å². The molecule has 4 rings (SSSR count). The van der Waals surface area contributed by atoms with Crippen molar-refractivity contribution in [2.45, 2.75) is 51.5 Å². The SMILES string of the molecule is CC(C)[C@@H](NC(=O)C1(CNC(=O)OCC2c3ccccc3-c3ccccc32)CCCC1)C(=O)O. The summed E-state index contributed by atoms with van der Waals surface area (Å²) in [6.45, 7) is 3.85. The average Bonchev–Trinajstić information content (AvgIpc) is 3.43. The van der Waals surface area contributed by atoms with Crippen molar-refractivity contribution < 1.29 is 24.2 Å². The molecule has 7 nitrogen and oxygen atoms in total. The van der Waals surface area contributed by atoms with Gasteiger partial charge in [-0.05, 0) is 41.0 Å². The summed E-state index contributed by atoms with van der Waals surface area (Å²) in [5.41, 5.74) is 3.78. The first-order chi connectivity index (χ1) is 16.3. The molecule has 2 amide bonds. The summed E-state index contributed by atoms with van der Waals surface area (Å²) in [6.07, 6.45) is 2.36. The van der Waals surface area contributed by atoms with Gasteiger partial charge in [-0.1, -0.05) is 75.2 Å². The second-order valence-electron chi connectivity index (χ2n) is 9.70. The van der Waals surface area contributed by atoms with Crippen molar-refractivity contribution >= 4 is 18.0 Å². The minimum absolute atomic E-state index is 0.0377. The van der Waals surface area contributed by atoms with E-state index in [-0.39, 0.29) is 30.9 Å². The molecule has 1 saturated carbocycles. The lowest BCUT2D eigenvalue weighted by molar-refractivity contribution is -0.145. The Morgan fingerprint density at radius 2 is 1.56 bits per heavy atom. The smallest absolute Gasteiger partial charge is 0.407 e. The van der Waals surface area contributed by atoms with E-state index < -0.39 is 23.5 Å². The van der Waals surface area contributed by atoms with Crippen LogP contribution in [0.4, 0.5) is 4.79 Å². The van der Waals surface area contributed by atoms with Gasteiger partial charge in [0.05, 0.1) is 5.41 Å². The summed E-state index contributed by atoms with van der Waals surface area (Å²) < 4.78 is 5.61. The van der Waals surface area contributed by atoms with Gasteiger partial charge in [-0.3, -0.25) is 4.79 Å². The van der Waals surface area contributed by atoms with Crippen LogP contribution in [0.1, 0.15) is 56.6 Å². The van der Waals surface area contributed by atoms with Crippen molar-refractivity contribution in [1.29, 1.82) is 0 Å². The number of carbonyl (C=O) groups is 3. The number of aliphatic carboxylic acids is 1. The first-order valence-electron chi connectivity index (χ1n) is 11.9. The summed E-state index contributed by atoms with van der Waals surface area (Å²) >= 11 is 0. The minimum atomic E-state index is -1.05. The van der Waals surface area contributed by atoms with Crippen LogP contribution < -0.4 is 10.6 Å². The molecule has 2 aromatic rings. The quantitative estimate of drug-likeness (QED) is 0.540. The molecule has 1 fully saturated rings. The maximum absolute atomic E-state index is 13.1. The first kappa shape index (κ1) is 23.8. The van der Waals surface area contributed by atoms with E-state index in [1.807, 2.05) is 24.3 Å². The second-order valence-corrected chi connectivity index (χ2v) is 9.70. The molecule has 0 spiro atoms. The second kappa shape index (κ2) is 9.87. The van der Waals surface area contributed by atoms with E-state index in [0.29, 0.717) is 12.8 Å². The van der Waals surface area contributed by atoms with Crippen LogP contribution in [0.5, 0.6) is 0 Å². The van der Waals surface area contributed by atoms with E-state index in [2.05, 4.69) is 34.9 Å². The Balaban J connectivity index is 1.38. The van der Waals surface area contributed by atoms with Gasteiger partial charge >= 0.3 is 12.1 Å². The molecule has 34 heavy (non-hydrogen) atoms. The highest BCUT2D eigenvalue weighted by molar-refractivity contribution is 5.88. The fourth-order valence-corrected chi connectivity index (χ4v) is 5.23. The van der Waals surface area contributed by atoms with Gasteiger partial charge in [-0.25, -0.2) is 9.59 Å². The lowest BCUT2D eigenvalue weighted by Gasteiger charge is -2.30. The van der Waals surface area contributed by atoms with Crippen LogP contribution in [0, 0.1) is 11.3 Å². The summed E-state index contributed by atoms with van der Waals surface area (Å²) in [7, 11) is 0. The summed E-state index contributed by atoms with van der Waals surface area (Å²) in [5.74, 6) is -1.65. The number of alkyl carbamates (subject to hydrolysis) is 1. The first-order valence-corrected chi connectivity index (χ1v) is 11.9. The molecule has 0 aromatic heterocycles. The van der Waals surface area contributed by atoms with Crippen LogP contribution in [0.3, 0.4) is 0 Å². The molecule has 1 atom stereocenters. The van der Waals surface area contributed by atoms with E-state index >= 15 is 0 Å². The fraction of sp³-hybridized carbons (Fsp3) is 0.444. The van der Waals surface area contributed by atoms with Crippen molar-refractivity contribution in [3.8, 4) is 11.1 Å². The fourth-order valence-electron chi connectivity index (χ4n) is 5.23. The minimum Gasteiger partial charge on any atom is -0.480 e. The van der Waals surface area contributed by atoms with E-state index in [9.17, 15) is 19.5 Å². The van der Waals surface area contributed by atoms with Crippen molar-refractivity contribution in [3.05, 3.63) is 59.7 Å². The third-order valence-electron chi connectivity index (χ3n) is 7.18. The summed E-state index contributed by atoms with van der Waals surface area (Å²) in [5, 5.41) is 14.9. The van der Waals surface area contributed by atoms with Crippen molar-refractivity contribution in [2.24, 2.45) is 11.3 Å². The Hall–Kier alpha value is -3.35. The Labute approximate surface area is 199 Å². The predicted molar refractivity (Wildman–Crippen MR) is 128 cm³/mol. The van der Waals surface area contributed by atoms with Crippen LogP contribution in [-0.2, 0) is 14.3 Å². The molecule has 0 unspecified atom stereocenters. The maximum atomic E-state index is 13.1. The number of ether oxygens (including phenoxy) is 1. The zero-order valence-corrected chi connectivity index (χ0v) is 19.7. The molecule has 2 aromatic carbocycles. The van der Waals surface area contributed by atoms with E-state index in [1.165, 1.54) is 0 Å². The number of amides is 2. The molecule has 0 radical (unpaired) electrons. The predicted octanol–water partition coefficient (Wildman–Crippen LogP) is 4.31. The highest BCUT2D eigenvalue weighted by atomic mass is 16.5. The van der Waals surface area contributed by atoms with Crippen LogP contribution in [0.25, 0.3) is 11.1 Å². The third kappa shape index (κ3) is 4.65. The molecule has 7 heteroatoms. The molecule has 0 saturated heterocycles. The van der Waals surface area contributed by atoms with Crippen LogP contribution in [0.15, 0.2) is 48.5 Å². The molecule has 0 heterocycles. The van der Waals surface area contributed by atoms with Crippen LogP contribution in [0.2, 0.25) is 0 Å². The van der Waals surface area contributed by atoms with E-state index in [1.54, 1.807) is 13.8 Å². The number of carboxylic acid groups (broad SMARTS) is 1. The Morgan fingerprint density at radius 1 is 1.00 bits per heavy atom. The molecule has 3 N–H and O–H groups in total. The molecule has 2 aliphatic carbocycles. The Morgan fingerprint density at radius 3 is 2.09 bits per heavy atom. The molecular weight excluding hydrogens is 432 g/mol. The molecule has 0 bridgehead atoms. The standard InChI is InChI=1S/C27H32N2O5/c1-17(2)23(24(30)31)29-25(32)27(13-7-8-14-27)16-28-26(33)34-15-22-20-11-5-3-9-18(20)19-10-4-6-12-21(19)22/h3-6,9-12,17,22-23H,7-8,13-16H2,1-2H3,(H,28,33)(H,29,32)(H,30,31)/t23-/m1/s1. The molecular formula is C27H32N2O5. The van der Waals surface area contributed by atoms with Gasteiger partial charge in [0.25, 0.3) is 0 Å². The summed E-state index contributed by atoms with van der Waals surface area (Å²) in [4.78, 5) is 37.2. The zero-order chi connectivity index (χ0) is 24.3. The van der Waals surface area contributed by atoms with Crippen molar-refractivity contribution in [3.63, 3.8) is 0 Å². The average molecular weight is 465 g/mol. The summed E-state index contributed by atoms with van der Waals surface area (Å²) in [6, 6.07) is 15.3. The molecule has 2 aliphatic rings. The topological polar surface area (TPSA) is 105 Å². The highest BCUT2D eigenvalue weighted by Crippen LogP contribution is 2.44. The van der Waals surface area contributed by atoms with Crippen LogP contribution >= 0.6 is 0 Å². The van der Waals surface area contributed by atoms with E-state index in [0.717, 1.165) is 35.1 Å². The lowest BCUT2D eigenvalue weighted by Crippen LogP contribution is -2.53. The molecule has 0 aliphatic heterocycles. The molecule has 180 valence electrons. The Kier molecular flexibility index (Phi) is 6.91. The lowest BCUT2D eigenvalue weighted by atomic mass is 9.84. The van der Waals surface area contributed by atoms with Gasteiger partial charge in [0.2, 0.25) is 5.91 Å². The largest absolute Gasteiger partial charge is 0.480 e. The zero-order valence-electron chi connectivity index (χ0n) is 19.7. The number of carbonyl (C=O) groups excluding carboxylic acids is 2. The van der Waals surface area contributed by atoms with Gasteiger partial charge < -0.3 is 20.5 Å². The van der Waals surface area contributed by atoms with Crippen molar-refractivity contribution in [1.82, 2.24) is 10.6 Å². The van der Waals surface area contributed by atoms with Gasteiger partial charge in [0.1, 0.15) is 12.6 Å². The monoisotopic (exact) mass is 464 g/mol. The highest BCUT2D eigenvalue weighted by Gasteiger charge is 2.43. The number of fused-ring (bicyclic) bond motifs is 3. The number of rotatable bonds is 8.